The Morgan fingerprint density at radius 3 is 2.19 bits per heavy atom. The van der Waals surface area contributed by atoms with E-state index >= 15 is 0 Å². The van der Waals surface area contributed by atoms with Gasteiger partial charge in [-0.05, 0) is 44.1 Å². The van der Waals surface area contributed by atoms with Crippen LogP contribution < -0.4 is 5.32 Å². The number of hydrogen-bond acceptors (Lipinski definition) is 2. The SMILES string of the molecule is CCOCCC(CC)(CC)CNCC(C)C. The molecule has 0 unspecified atom stereocenters. The second-order valence-electron chi connectivity index (χ2n) is 5.18. The molecule has 0 spiro atoms. The average Bonchev–Trinajstić information content (AvgIpc) is 2.27. The molecule has 0 aliphatic rings. The minimum atomic E-state index is 0.435. The summed E-state index contributed by atoms with van der Waals surface area (Å²) in [4.78, 5) is 0. The third-order valence-corrected chi connectivity index (χ3v) is 3.53. The molecule has 2 heteroatoms. The van der Waals surface area contributed by atoms with E-state index in [9.17, 15) is 0 Å². The molecule has 0 aromatic heterocycles. The number of nitrogens with one attached hydrogen (secondary N) is 1. The second kappa shape index (κ2) is 9.00. The Balaban J connectivity index is 3.99. The lowest BCUT2D eigenvalue weighted by atomic mass is 9.79. The first-order valence-corrected chi connectivity index (χ1v) is 6.88. The maximum atomic E-state index is 5.49. The van der Waals surface area contributed by atoms with Gasteiger partial charge in [0.05, 0.1) is 0 Å². The van der Waals surface area contributed by atoms with Crippen LogP contribution in [-0.4, -0.2) is 26.3 Å². The fraction of sp³-hybridized carbons (Fsp3) is 1.00. The Kier molecular flexibility index (Phi) is 8.96. The molecule has 0 bridgehead atoms. The zero-order valence-electron chi connectivity index (χ0n) is 11.9. The first-order chi connectivity index (χ1) is 7.60. The summed E-state index contributed by atoms with van der Waals surface area (Å²) in [5, 5.41) is 3.60. The summed E-state index contributed by atoms with van der Waals surface area (Å²) in [5.41, 5.74) is 0.435. The van der Waals surface area contributed by atoms with E-state index in [1.54, 1.807) is 0 Å². The van der Waals surface area contributed by atoms with E-state index in [1.165, 1.54) is 19.3 Å². The zero-order chi connectivity index (χ0) is 12.4. The second-order valence-corrected chi connectivity index (χ2v) is 5.18. The van der Waals surface area contributed by atoms with Crippen molar-refractivity contribution in [2.45, 2.75) is 53.9 Å². The van der Waals surface area contributed by atoms with Gasteiger partial charge in [-0.2, -0.15) is 0 Å². The predicted molar refractivity (Wildman–Crippen MR) is 71.8 cm³/mol. The van der Waals surface area contributed by atoms with Crippen molar-refractivity contribution in [3.8, 4) is 0 Å². The van der Waals surface area contributed by atoms with E-state index in [0.29, 0.717) is 5.41 Å². The van der Waals surface area contributed by atoms with Crippen molar-refractivity contribution in [3.63, 3.8) is 0 Å². The van der Waals surface area contributed by atoms with Gasteiger partial charge in [-0.15, -0.1) is 0 Å². The number of hydrogen-bond donors (Lipinski definition) is 1. The van der Waals surface area contributed by atoms with E-state index in [0.717, 1.165) is 32.2 Å². The molecule has 0 aliphatic heterocycles. The van der Waals surface area contributed by atoms with Gasteiger partial charge in [0.2, 0.25) is 0 Å². The molecule has 1 N–H and O–H groups in total. The summed E-state index contributed by atoms with van der Waals surface area (Å²) in [7, 11) is 0. The van der Waals surface area contributed by atoms with Gasteiger partial charge in [0.1, 0.15) is 0 Å². The first-order valence-electron chi connectivity index (χ1n) is 6.88. The van der Waals surface area contributed by atoms with Crippen LogP contribution in [0.5, 0.6) is 0 Å². The van der Waals surface area contributed by atoms with Crippen molar-refractivity contribution in [1.29, 1.82) is 0 Å². The molecular weight excluding hydrogens is 198 g/mol. The molecule has 98 valence electrons. The normalized spacial score (nSPS) is 12.4. The van der Waals surface area contributed by atoms with Crippen molar-refractivity contribution in [1.82, 2.24) is 5.32 Å². The van der Waals surface area contributed by atoms with Crippen LogP contribution in [0.4, 0.5) is 0 Å². The zero-order valence-corrected chi connectivity index (χ0v) is 11.9. The Labute approximate surface area is 102 Å². The average molecular weight is 229 g/mol. The molecule has 0 aromatic rings. The van der Waals surface area contributed by atoms with Gasteiger partial charge in [-0.1, -0.05) is 27.7 Å². The van der Waals surface area contributed by atoms with Gasteiger partial charge in [0.15, 0.2) is 0 Å². The van der Waals surface area contributed by atoms with Crippen LogP contribution in [0.3, 0.4) is 0 Å². The fourth-order valence-corrected chi connectivity index (χ4v) is 2.00. The monoisotopic (exact) mass is 229 g/mol. The summed E-state index contributed by atoms with van der Waals surface area (Å²) in [5.74, 6) is 0.735. The topological polar surface area (TPSA) is 21.3 Å². The van der Waals surface area contributed by atoms with Crippen molar-refractivity contribution >= 4 is 0 Å². The Morgan fingerprint density at radius 1 is 1.12 bits per heavy atom. The summed E-state index contributed by atoms with van der Waals surface area (Å²) in [6.07, 6.45) is 3.66. The highest BCUT2D eigenvalue weighted by Crippen LogP contribution is 2.29. The van der Waals surface area contributed by atoms with Crippen LogP contribution in [0.25, 0.3) is 0 Å². The van der Waals surface area contributed by atoms with Gasteiger partial charge < -0.3 is 10.1 Å². The van der Waals surface area contributed by atoms with Crippen molar-refractivity contribution in [3.05, 3.63) is 0 Å². The van der Waals surface area contributed by atoms with Gasteiger partial charge >= 0.3 is 0 Å². The van der Waals surface area contributed by atoms with Crippen LogP contribution in [0, 0.1) is 11.3 Å². The lowest BCUT2D eigenvalue weighted by Gasteiger charge is -2.32. The Hall–Kier alpha value is -0.0800. The molecule has 0 aromatic carbocycles. The summed E-state index contributed by atoms with van der Waals surface area (Å²) in [6.45, 7) is 15.2. The Bertz CT molecular complexity index is 153. The first kappa shape index (κ1) is 15.9. The van der Waals surface area contributed by atoms with E-state index in [4.69, 9.17) is 4.74 Å². The van der Waals surface area contributed by atoms with E-state index in [-0.39, 0.29) is 0 Å². The standard InChI is InChI=1S/C14H31NO/c1-6-14(7-2,9-10-16-8-3)12-15-11-13(4)5/h13,15H,6-12H2,1-5H3. The van der Waals surface area contributed by atoms with E-state index in [1.807, 2.05) is 0 Å². The van der Waals surface area contributed by atoms with Gasteiger partial charge in [-0.25, -0.2) is 0 Å². The molecule has 16 heavy (non-hydrogen) atoms. The van der Waals surface area contributed by atoms with Crippen molar-refractivity contribution < 1.29 is 4.74 Å². The lowest BCUT2D eigenvalue weighted by molar-refractivity contribution is 0.0959. The van der Waals surface area contributed by atoms with Crippen LogP contribution in [0.1, 0.15) is 53.9 Å². The maximum Gasteiger partial charge on any atom is 0.0471 e. The van der Waals surface area contributed by atoms with E-state index < -0.39 is 0 Å². The summed E-state index contributed by atoms with van der Waals surface area (Å²) < 4.78 is 5.49. The largest absolute Gasteiger partial charge is 0.382 e. The smallest absolute Gasteiger partial charge is 0.0471 e. The molecule has 0 saturated heterocycles. The van der Waals surface area contributed by atoms with Gasteiger partial charge in [-0.3, -0.25) is 0 Å². The highest BCUT2D eigenvalue weighted by molar-refractivity contribution is 4.79. The molecule has 0 fully saturated rings. The molecule has 0 amide bonds. The van der Waals surface area contributed by atoms with Crippen molar-refractivity contribution in [2.24, 2.45) is 11.3 Å². The molecule has 0 saturated carbocycles. The minimum Gasteiger partial charge on any atom is -0.382 e. The summed E-state index contributed by atoms with van der Waals surface area (Å²) >= 11 is 0. The van der Waals surface area contributed by atoms with Crippen LogP contribution in [-0.2, 0) is 4.74 Å². The quantitative estimate of drug-likeness (QED) is 0.579. The van der Waals surface area contributed by atoms with Gasteiger partial charge in [0, 0.05) is 19.8 Å². The minimum absolute atomic E-state index is 0.435. The van der Waals surface area contributed by atoms with Crippen LogP contribution in [0.2, 0.25) is 0 Å². The molecule has 0 heterocycles. The molecule has 2 nitrogen and oxygen atoms in total. The highest BCUT2D eigenvalue weighted by Gasteiger charge is 2.25. The number of ether oxygens (including phenoxy) is 1. The van der Waals surface area contributed by atoms with Gasteiger partial charge in [0.25, 0.3) is 0 Å². The molecular formula is C14H31NO. The molecule has 0 radical (unpaired) electrons. The number of rotatable bonds is 10. The third-order valence-electron chi connectivity index (χ3n) is 3.53. The van der Waals surface area contributed by atoms with Crippen LogP contribution in [0.15, 0.2) is 0 Å². The third kappa shape index (κ3) is 6.49. The van der Waals surface area contributed by atoms with Crippen LogP contribution >= 0.6 is 0 Å². The fourth-order valence-electron chi connectivity index (χ4n) is 2.00. The van der Waals surface area contributed by atoms with E-state index in [2.05, 4.69) is 39.9 Å². The molecule has 0 atom stereocenters. The maximum absolute atomic E-state index is 5.49. The molecule has 0 rings (SSSR count). The highest BCUT2D eigenvalue weighted by atomic mass is 16.5. The Morgan fingerprint density at radius 2 is 1.75 bits per heavy atom. The summed E-state index contributed by atoms with van der Waals surface area (Å²) in [6, 6.07) is 0. The lowest BCUT2D eigenvalue weighted by Crippen LogP contribution is -2.36. The molecule has 0 aliphatic carbocycles. The van der Waals surface area contributed by atoms with Crippen molar-refractivity contribution in [2.75, 3.05) is 26.3 Å². The predicted octanol–water partition coefficient (Wildman–Crippen LogP) is 3.47.